The number of hydrogen-bond donors (Lipinski definition) is 2. The molecule has 1 saturated carbocycles. The number of rotatable bonds is 6. The topological polar surface area (TPSA) is 38.0 Å². The molecule has 0 spiro atoms. The Kier molecular flexibility index (Phi) is 3.97. The fourth-order valence-corrected chi connectivity index (χ4v) is 2.20. The third-order valence-corrected chi connectivity index (χ3v) is 3.60. The molecule has 0 heterocycles. The van der Waals surface area contributed by atoms with E-state index in [1.54, 1.807) is 0 Å². The molecule has 3 unspecified atom stereocenters. The van der Waals surface area contributed by atoms with Crippen LogP contribution in [0.3, 0.4) is 0 Å². The van der Waals surface area contributed by atoms with Crippen molar-refractivity contribution in [2.75, 3.05) is 13.1 Å². The number of benzene rings is 1. The van der Waals surface area contributed by atoms with Gasteiger partial charge in [-0.05, 0) is 31.0 Å². The highest BCUT2D eigenvalue weighted by atomic mass is 15.0. The summed E-state index contributed by atoms with van der Waals surface area (Å²) in [7, 11) is 0. The van der Waals surface area contributed by atoms with Gasteiger partial charge in [-0.15, -0.1) is 0 Å². The summed E-state index contributed by atoms with van der Waals surface area (Å²) in [4.78, 5) is 0. The Hall–Kier alpha value is -0.860. The fourth-order valence-electron chi connectivity index (χ4n) is 2.20. The van der Waals surface area contributed by atoms with Gasteiger partial charge in [0.1, 0.15) is 0 Å². The minimum atomic E-state index is 0.636. The first-order valence-corrected chi connectivity index (χ1v) is 6.33. The van der Waals surface area contributed by atoms with Gasteiger partial charge < -0.3 is 11.1 Å². The van der Waals surface area contributed by atoms with E-state index >= 15 is 0 Å². The first-order chi connectivity index (χ1) is 7.85. The number of nitrogens with two attached hydrogens (primary N) is 1. The van der Waals surface area contributed by atoms with Gasteiger partial charge in [-0.2, -0.15) is 0 Å². The Labute approximate surface area is 98.2 Å². The summed E-state index contributed by atoms with van der Waals surface area (Å²) in [6.45, 7) is 4.08. The van der Waals surface area contributed by atoms with Crippen LogP contribution >= 0.6 is 0 Å². The van der Waals surface area contributed by atoms with E-state index in [1.807, 2.05) is 0 Å². The minimum absolute atomic E-state index is 0.636. The SMILES string of the molecule is CCC(CN)CNC1CC1c1ccccc1. The molecule has 2 nitrogen and oxygen atoms in total. The standard InChI is InChI=1S/C14H22N2/c1-2-11(9-15)10-16-14-8-13(14)12-6-4-3-5-7-12/h3-7,11,13-14,16H,2,8-10,15H2,1H3. The van der Waals surface area contributed by atoms with Crippen LogP contribution in [-0.2, 0) is 0 Å². The minimum Gasteiger partial charge on any atom is -0.330 e. The van der Waals surface area contributed by atoms with E-state index in [9.17, 15) is 0 Å². The Morgan fingerprint density at radius 2 is 2.12 bits per heavy atom. The van der Waals surface area contributed by atoms with E-state index in [0.29, 0.717) is 12.0 Å². The van der Waals surface area contributed by atoms with Crippen LogP contribution in [0.5, 0.6) is 0 Å². The van der Waals surface area contributed by atoms with Crippen molar-refractivity contribution in [3.63, 3.8) is 0 Å². The Bertz CT molecular complexity index is 306. The first-order valence-electron chi connectivity index (χ1n) is 6.33. The summed E-state index contributed by atoms with van der Waals surface area (Å²) < 4.78 is 0. The van der Waals surface area contributed by atoms with E-state index in [0.717, 1.165) is 19.0 Å². The number of nitrogens with one attached hydrogen (secondary N) is 1. The lowest BCUT2D eigenvalue weighted by Crippen LogP contribution is -2.29. The lowest BCUT2D eigenvalue weighted by Gasteiger charge is -2.12. The molecule has 1 aromatic rings. The summed E-state index contributed by atoms with van der Waals surface area (Å²) in [5.74, 6) is 1.37. The molecular formula is C14H22N2. The zero-order chi connectivity index (χ0) is 11.4. The van der Waals surface area contributed by atoms with Gasteiger partial charge in [-0.25, -0.2) is 0 Å². The Morgan fingerprint density at radius 1 is 1.38 bits per heavy atom. The first kappa shape index (κ1) is 11.6. The third kappa shape index (κ3) is 2.83. The van der Waals surface area contributed by atoms with Gasteiger partial charge in [0.05, 0.1) is 0 Å². The van der Waals surface area contributed by atoms with E-state index in [1.165, 1.54) is 18.4 Å². The molecule has 0 saturated heterocycles. The summed E-state index contributed by atoms with van der Waals surface area (Å²) >= 11 is 0. The van der Waals surface area contributed by atoms with Crippen molar-refractivity contribution in [2.45, 2.75) is 31.7 Å². The molecule has 1 fully saturated rings. The Morgan fingerprint density at radius 3 is 2.75 bits per heavy atom. The molecule has 0 aliphatic heterocycles. The second-order valence-electron chi connectivity index (χ2n) is 4.78. The molecule has 3 N–H and O–H groups in total. The van der Waals surface area contributed by atoms with Crippen LogP contribution < -0.4 is 11.1 Å². The molecule has 0 aromatic heterocycles. The van der Waals surface area contributed by atoms with Crippen LogP contribution in [0.4, 0.5) is 0 Å². The molecule has 1 aromatic carbocycles. The highest BCUT2D eigenvalue weighted by Crippen LogP contribution is 2.40. The lowest BCUT2D eigenvalue weighted by atomic mass is 10.1. The van der Waals surface area contributed by atoms with E-state index < -0.39 is 0 Å². The van der Waals surface area contributed by atoms with Crippen LogP contribution in [0.2, 0.25) is 0 Å². The van der Waals surface area contributed by atoms with Crippen molar-refractivity contribution in [3.05, 3.63) is 35.9 Å². The highest BCUT2D eigenvalue weighted by Gasteiger charge is 2.37. The van der Waals surface area contributed by atoms with Crippen LogP contribution in [0.1, 0.15) is 31.2 Å². The quantitative estimate of drug-likeness (QED) is 0.767. The van der Waals surface area contributed by atoms with Crippen LogP contribution in [0.15, 0.2) is 30.3 Å². The number of hydrogen-bond acceptors (Lipinski definition) is 2. The third-order valence-electron chi connectivity index (χ3n) is 3.60. The molecule has 0 radical (unpaired) electrons. The average Bonchev–Trinajstić information content (AvgIpc) is 3.11. The molecule has 2 heteroatoms. The normalized spacial score (nSPS) is 25.4. The molecule has 2 rings (SSSR count). The smallest absolute Gasteiger partial charge is 0.0143 e. The second kappa shape index (κ2) is 5.46. The van der Waals surface area contributed by atoms with Gasteiger partial charge >= 0.3 is 0 Å². The Balaban J connectivity index is 1.75. The lowest BCUT2D eigenvalue weighted by molar-refractivity contribution is 0.468. The largest absolute Gasteiger partial charge is 0.330 e. The summed E-state index contributed by atoms with van der Waals surface area (Å²) in [5, 5.41) is 3.63. The van der Waals surface area contributed by atoms with Gasteiger partial charge in [-0.3, -0.25) is 0 Å². The maximum Gasteiger partial charge on any atom is 0.0143 e. The van der Waals surface area contributed by atoms with E-state index in [-0.39, 0.29) is 0 Å². The van der Waals surface area contributed by atoms with Crippen molar-refractivity contribution in [1.29, 1.82) is 0 Å². The predicted octanol–water partition coefficient (Wildman–Crippen LogP) is 2.12. The van der Waals surface area contributed by atoms with Crippen molar-refractivity contribution >= 4 is 0 Å². The zero-order valence-corrected chi connectivity index (χ0v) is 10.0. The molecule has 0 bridgehead atoms. The predicted molar refractivity (Wildman–Crippen MR) is 68.4 cm³/mol. The molecule has 1 aliphatic rings. The zero-order valence-electron chi connectivity index (χ0n) is 10.0. The molecule has 0 amide bonds. The van der Waals surface area contributed by atoms with Gasteiger partial charge in [0.15, 0.2) is 0 Å². The van der Waals surface area contributed by atoms with Gasteiger partial charge in [0.25, 0.3) is 0 Å². The van der Waals surface area contributed by atoms with Gasteiger partial charge in [0.2, 0.25) is 0 Å². The average molecular weight is 218 g/mol. The molecule has 3 atom stereocenters. The van der Waals surface area contributed by atoms with E-state index in [4.69, 9.17) is 5.73 Å². The second-order valence-corrected chi connectivity index (χ2v) is 4.78. The van der Waals surface area contributed by atoms with Crippen LogP contribution in [0.25, 0.3) is 0 Å². The molecule has 1 aliphatic carbocycles. The van der Waals surface area contributed by atoms with Gasteiger partial charge in [-0.1, -0.05) is 43.7 Å². The molecule has 16 heavy (non-hydrogen) atoms. The van der Waals surface area contributed by atoms with Crippen molar-refractivity contribution in [1.82, 2.24) is 5.32 Å². The summed E-state index contributed by atoms with van der Waals surface area (Å²) in [5.41, 5.74) is 7.17. The van der Waals surface area contributed by atoms with Crippen molar-refractivity contribution in [2.24, 2.45) is 11.7 Å². The van der Waals surface area contributed by atoms with Crippen LogP contribution in [-0.4, -0.2) is 19.1 Å². The van der Waals surface area contributed by atoms with E-state index in [2.05, 4.69) is 42.6 Å². The van der Waals surface area contributed by atoms with Crippen molar-refractivity contribution < 1.29 is 0 Å². The van der Waals surface area contributed by atoms with Crippen molar-refractivity contribution in [3.8, 4) is 0 Å². The molecule has 88 valence electrons. The fraction of sp³-hybridized carbons (Fsp3) is 0.571. The molecular weight excluding hydrogens is 196 g/mol. The maximum atomic E-state index is 5.70. The highest BCUT2D eigenvalue weighted by molar-refractivity contribution is 5.27. The maximum absolute atomic E-state index is 5.70. The monoisotopic (exact) mass is 218 g/mol. The van der Waals surface area contributed by atoms with Crippen LogP contribution in [0, 0.1) is 5.92 Å². The summed E-state index contributed by atoms with van der Waals surface area (Å²) in [6.07, 6.45) is 2.46. The van der Waals surface area contributed by atoms with Gasteiger partial charge in [0, 0.05) is 12.0 Å². The summed E-state index contributed by atoms with van der Waals surface area (Å²) in [6, 6.07) is 11.5.